The Morgan fingerprint density at radius 3 is 2.28 bits per heavy atom. The average Bonchev–Trinajstić information content (AvgIpc) is 3.13. The van der Waals surface area contributed by atoms with E-state index in [4.69, 9.17) is 18.9 Å². The number of carbonyl (C=O) groups is 3. The zero-order chi connectivity index (χ0) is 38.5. The van der Waals surface area contributed by atoms with E-state index >= 15 is 0 Å². The van der Waals surface area contributed by atoms with E-state index in [9.17, 15) is 27.6 Å². The number of alkyl halides is 2. The number of hydrogen-bond donors (Lipinski definition) is 1. The van der Waals surface area contributed by atoms with E-state index in [1.54, 1.807) is 68.4 Å². The van der Waals surface area contributed by atoms with Crippen molar-refractivity contribution < 1.29 is 51.2 Å². The smallest absolute Gasteiger partial charge is 0.387 e. The van der Waals surface area contributed by atoms with Gasteiger partial charge in [0, 0.05) is 36.1 Å². The van der Waals surface area contributed by atoms with Crippen LogP contribution in [0, 0.1) is 5.82 Å². The maximum absolute atomic E-state index is 15.0. The summed E-state index contributed by atoms with van der Waals surface area (Å²) in [5.74, 6) is -0.532. The molecule has 1 aliphatic carbocycles. The van der Waals surface area contributed by atoms with Crippen molar-refractivity contribution in [2.45, 2.75) is 77.6 Å². The highest BCUT2D eigenvalue weighted by molar-refractivity contribution is 5.96. The van der Waals surface area contributed by atoms with Gasteiger partial charge in [-0.25, -0.2) is 4.39 Å². The van der Waals surface area contributed by atoms with Gasteiger partial charge in [-0.05, 0) is 98.5 Å². The molecule has 0 atom stereocenters. The van der Waals surface area contributed by atoms with Gasteiger partial charge < -0.3 is 29.0 Å². The fraction of sp³-hybridized carbons (Fsp3) is 0.357. The zero-order valence-corrected chi connectivity index (χ0v) is 30.3. The van der Waals surface area contributed by atoms with Gasteiger partial charge in [0.25, 0.3) is 5.91 Å². The van der Waals surface area contributed by atoms with Crippen molar-refractivity contribution in [3.63, 3.8) is 0 Å². The van der Waals surface area contributed by atoms with Gasteiger partial charge in [-0.15, -0.1) is 0 Å². The van der Waals surface area contributed by atoms with Crippen LogP contribution in [0.15, 0.2) is 84.9 Å². The Bertz CT molecular complexity index is 1900. The number of halogens is 3. The molecule has 286 valence electrons. The van der Waals surface area contributed by atoms with Gasteiger partial charge >= 0.3 is 18.6 Å². The molecule has 4 aromatic carbocycles. The number of amides is 1. The molecular formula is C42H44F3NO8. The predicted molar refractivity (Wildman–Crippen MR) is 195 cm³/mol. The molecule has 4 aromatic rings. The van der Waals surface area contributed by atoms with Crippen molar-refractivity contribution >= 4 is 17.8 Å². The molecule has 0 radical (unpaired) electrons. The lowest BCUT2D eigenvalue weighted by Gasteiger charge is -2.37. The van der Waals surface area contributed by atoms with Crippen molar-refractivity contribution in [3.8, 4) is 28.4 Å². The van der Waals surface area contributed by atoms with Crippen molar-refractivity contribution in [3.05, 3.63) is 113 Å². The van der Waals surface area contributed by atoms with Crippen LogP contribution in [-0.4, -0.2) is 50.4 Å². The van der Waals surface area contributed by atoms with E-state index in [0.717, 1.165) is 11.1 Å². The lowest BCUT2D eigenvalue weighted by atomic mass is 9.75. The van der Waals surface area contributed by atoms with Crippen molar-refractivity contribution in [1.29, 1.82) is 0 Å². The van der Waals surface area contributed by atoms with Crippen LogP contribution in [0.25, 0.3) is 11.1 Å². The SMILES string of the molecule is CCOC(=O)CCCOc1cccc(C2CC(Oc3cc(C(=O)NCc4ccccc4OC(F)F)cc(-c4ccccc4F)c3)C2)c1CCC(=O)OCC. The van der Waals surface area contributed by atoms with E-state index in [0.29, 0.717) is 61.5 Å². The molecule has 54 heavy (non-hydrogen) atoms. The first-order chi connectivity index (χ1) is 26.1. The fourth-order valence-electron chi connectivity index (χ4n) is 6.36. The van der Waals surface area contributed by atoms with Crippen LogP contribution >= 0.6 is 0 Å². The predicted octanol–water partition coefficient (Wildman–Crippen LogP) is 8.57. The standard InChI is InChI=1S/C42H44F3NO8/c1-3-50-39(47)17-10-20-52-38-16-9-13-33(35(38)18-19-40(48)51-4-2)29-23-31(24-29)53-32-22-28(34-12-6-7-14-36(34)43)21-30(25-32)41(49)46-26-27-11-5-8-15-37(27)54-42(44)45/h5-9,11-16,21-22,25,29,31,42H,3-4,10,17-20,23-24,26H2,1-2H3,(H,46,49). The van der Waals surface area contributed by atoms with Crippen molar-refractivity contribution in [1.82, 2.24) is 5.32 Å². The van der Waals surface area contributed by atoms with Crippen LogP contribution < -0.4 is 19.5 Å². The minimum atomic E-state index is -3.02. The topological polar surface area (TPSA) is 109 Å². The third-order valence-electron chi connectivity index (χ3n) is 8.96. The summed E-state index contributed by atoms with van der Waals surface area (Å²) in [6.07, 6.45) is 2.33. The first kappa shape index (κ1) is 39.7. The normalized spacial score (nSPS) is 14.9. The maximum Gasteiger partial charge on any atom is 0.387 e. The molecule has 0 bridgehead atoms. The van der Waals surface area contributed by atoms with Gasteiger partial charge in [-0.1, -0.05) is 48.5 Å². The zero-order valence-electron chi connectivity index (χ0n) is 30.3. The number of rotatable bonds is 19. The van der Waals surface area contributed by atoms with E-state index in [1.807, 2.05) is 18.2 Å². The highest BCUT2D eigenvalue weighted by Gasteiger charge is 2.34. The molecule has 0 saturated heterocycles. The fourth-order valence-corrected chi connectivity index (χ4v) is 6.36. The number of para-hydroxylation sites is 1. The molecule has 0 unspecified atom stereocenters. The van der Waals surface area contributed by atoms with Gasteiger partial charge in [-0.3, -0.25) is 14.4 Å². The van der Waals surface area contributed by atoms with Gasteiger partial charge in [0.1, 0.15) is 23.1 Å². The van der Waals surface area contributed by atoms with Crippen LogP contribution in [0.2, 0.25) is 0 Å². The second-order valence-corrected chi connectivity index (χ2v) is 12.7. The van der Waals surface area contributed by atoms with Crippen LogP contribution in [0.4, 0.5) is 13.2 Å². The van der Waals surface area contributed by atoms with E-state index in [2.05, 4.69) is 10.1 Å². The second-order valence-electron chi connectivity index (χ2n) is 12.7. The molecule has 9 nitrogen and oxygen atoms in total. The van der Waals surface area contributed by atoms with Crippen LogP contribution in [-0.2, 0) is 32.0 Å². The number of carbonyl (C=O) groups excluding carboxylic acids is 3. The molecule has 0 heterocycles. The highest BCUT2D eigenvalue weighted by Crippen LogP contribution is 2.43. The van der Waals surface area contributed by atoms with Crippen molar-refractivity contribution in [2.75, 3.05) is 19.8 Å². The summed E-state index contributed by atoms with van der Waals surface area (Å²) >= 11 is 0. The molecule has 12 heteroatoms. The minimum absolute atomic E-state index is 0.0494. The molecule has 0 spiro atoms. The highest BCUT2D eigenvalue weighted by atomic mass is 19.3. The average molecular weight is 748 g/mol. The third-order valence-corrected chi connectivity index (χ3v) is 8.96. The molecule has 1 saturated carbocycles. The number of benzene rings is 4. The molecule has 5 rings (SSSR count). The number of nitrogens with one attached hydrogen (secondary N) is 1. The Morgan fingerprint density at radius 1 is 0.833 bits per heavy atom. The molecule has 0 aromatic heterocycles. The number of ether oxygens (including phenoxy) is 5. The molecule has 1 fully saturated rings. The maximum atomic E-state index is 15.0. The van der Waals surface area contributed by atoms with Crippen LogP contribution in [0.1, 0.15) is 78.9 Å². The summed E-state index contributed by atoms with van der Waals surface area (Å²) in [6, 6.07) is 23.0. The Labute approximate surface area is 312 Å². The Balaban J connectivity index is 1.31. The minimum Gasteiger partial charge on any atom is -0.493 e. The second kappa shape index (κ2) is 19.5. The van der Waals surface area contributed by atoms with Crippen LogP contribution in [0.3, 0.4) is 0 Å². The Morgan fingerprint density at radius 2 is 1.54 bits per heavy atom. The lowest BCUT2D eigenvalue weighted by molar-refractivity contribution is -0.144. The Kier molecular flexibility index (Phi) is 14.3. The Hall–Kier alpha value is -5.52. The molecule has 1 N–H and O–H groups in total. The monoisotopic (exact) mass is 747 g/mol. The van der Waals surface area contributed by atoms with Crippen LogP contribution in [0.5, 0.6) is 17.2 Å². The largest absolute Gasteiger partial charge is 0.493 e. The van der Waals surface area contributed by atoms with Gasteiger partial charge in [0.05, 0.1) is 25.9 Å². The van der Waals surface area contributed by atoms with E-state index in [1.165, 1.54) is 12.1 Å². The third kappa shape index (κ3) is 11.0. The summed E-state index contributed by atoms with van der Waals surface area (Å²) in [6.45, 7) is 1.31. The number of esters is 2. The van der Waals surface area contributed by atoms with Gasteiger partial charge in [-0.2, -0.15) is 8.78 Å². The summed E-state index contributed by atoms with van der Waals surface area (Å²) in [5, 5.41) is 2.75. The molecule has 0 aliphatic heterocycles. The van der Waals surface area contributed by atoms with E-state index in [-0.39, 0.29) is 66.8 Å². The quantitative estimate of drug-likeness (QED) is 0.0751. The summed E-state index contributed by atoms with van der Waals surface area (Å²) in [4.78, 5) is 37.5. The first-order valence-electron chi connectivity index (χ1n) is 18.1. The van der Waals surface area contributed by atoms with Crippen molar-refractivity contribution in [2.24, 2.45) is 0 Å². The lowest BCUT2D eigenvalue weighted by Crippen LogP contribution is -2.33. The van der Waals surface area contributed by atoms with Gasteiger partial charge in [0.2, 0.25) is 0 Å². The summed E-state index contributed by atoms with van der Waals surface area (Å²) in [5.41, 5.74) is 3.19. The van der Waals surface area contributed by atoms with E-state index < -0.39 is 18.3 Å². The molecule has 1 aliphatic rings. The number of hydrogen-bond acceptors (Lipinski definition) is 8. The summed E-state index contributed by atoms with van der Waals surface area (Å²) < 4.78 is 68.1. The van der Waals surface area contributed by atoms with Gasteiger partial charge in [0.15, 0.2) is 0 Å². The molecule has 1 amide bonds. The molecular weight excluding hydrogens is 703 g/mol. The first-order valence-corrected chi connectivity index (χ1v) is 18.1. The summed E-state index contributed by atoms with van der Waals surface area (Å²) in [7, 11) is 0.